The lowest BCUT2D eigenvalue weighted by Crippen LogP contribution is -2.36. The second-order valence-electron chi connectivity index (χ2n) is 7.46. The van der Waals surface area contributed by atoms with Gasteiger partial charge in [-0.1, -0.05) is 36.4 Å². The molecule has 2 heterocycles. The maximum atomic E-state index is 13.0. The molecule has 0 radical (unpaired) electrons. The number of fused-ring (bicyclic) bond motifs is 1. The van der Waals surface area contributed by atoms with Gasteiger partial charge in [0.05, 0.1) is 11.8 Å². The van der Waals surface area contributed by atoms with Gasteiger partial charge in [0.15, 0.2) is 0 Å². The smallest absolute Gasteiger partial charge is 0.272 e. The standard InChI is InChI=1S/C24H25N3O2/c1-17(2)29-23-10-6-5-9-21(23)26-20-11-13-25-22(15-20)24(28)27-14-12-18-7-3-4-8-19(18)16-27/h3-11,13,15,17H,12,14,16H2,1-2H3,(H,25,26). The lowest BCUT2D eigenvalue weighted by atomic mass is 10.00. The number of nitrogens with zero attached hydrogens (tertiary/aromatic N) is 2. The van der Waals surface area contributed by atoms with Crippen molar-refractivity contribution in [1.82, 2.24) is 9.88 Å². The van der Waals surface area contributed by atoms with Gasteiger partial charge in [0, 0.05) is 25.0 Å². The van der Waals surface area contributed by atoms with Crippen molar-refractivity contribution in [2.24, 2.45) is 0 Å². The maximum absolute atomic E-state index is 13.0. The molecular formula is C24H25N3O2. The lowest BCUT2D eigenvalue weighted by Gasteiger charge is -2.28. The van der Waals surface area contributed by atoms with Gasteiger partial charge in [0.25, 0.3) is 5.91 Å². The third-order valence-electron chi connectivity index (χ3n) is 4.93. The Morgan fingerprint density at radius 2 is 1.83 bits per heavy atom. The zero-order valence-electron chi connectivity index (χ0n) is 16.8. The third-order valence-corrected chi connectivity index (χ3v) is 4.93. The van der Waals surface area contributed by atoms with Gasteiger partial charge >= 0.3 is 0 Å². The van der Waals surface area contributed by atoms with Crippen molar-refractivity contribution in [2.75, 3.05) is 11.9 Å². The second-order valence-corrected chi connectivity index (χ2v) is 7.46. The molecule has 1 aromatic heterocycles. The number of pyridine rings is 1. The van der Waals surface area contributed by atoms with Crippen LogP contribution in [0.3, 0.4) is 0 Å². The highest BCUT2D eigenvalue weighted by molar-refractivity contribution is 5.93. The first-order valence-corrected chi connectivity index (χ1v) is 9.95. The molecule has 148 valence electrons. The molecule has 4 rings (SSSR count). The Morgan fingerprint density at radius 3 is 2.66 bits per heavy atom. The predicted octanol–water partition coefficient (Wildman–Crippen LogP) is 4.81. The monoisotopic (exact) mass is 387 g/mol. The molecule has 0 atom stereocenters. The number of ether oxygens (including phenoxy) is 1. The number of amides is 1. The van der Waals surface area contributed by atoms with Gasteiger partial charge in [-0.05, 0) is 55.7 Å². The largest absolute Gasteiger partial charge is 0.489 e. The topological polar surface area (TPSA) is 54.5 Å². The number of carbonyl (C=O) groups excluding carboxylic acids is 1. The van der Waals surface area contributed by atoms with E-state index in [0.717, 1.165) is 23.5 Å². The van der Waals surface area contributed by atoms with Gasteiger partial charge in [-0.25, -0.2) is 0 Å². The number of hydrogen-bond acceptors (Lipinski definition) is 4. The van der Waals surface area contributed by atoms with Crippen molar-refractivity contribution in [3.63, 3.8) is 0 Å². The highest BCUT2D eigenvalue weighted by Crippen LogP contribution is 2.28. The molecule has 2 aromatic carbocycles. The number of anilines is 2. The number of para-hydroxylation sites is 2. The van der Waals surface area contributed by atoms with Gasteiger partial charge < -0.3 is 15.0 Å². The van der Waals surface area contributed by atoms with E-state index in [-0.39, 0.29) is 12.0 Å². The summed E-state index contributed by atoms with van der Waals surface area (Å²) in [6.45, 7) is 5.33. The van der Waals surface area contributed by atoms with Crippen molar-refractivity contribution in [2.45, 2.75) is 32.9 Å². The minimum absolute atomic E-state index is 0.0464. The van der Waals surface area contributed by atoms with Crippen molar-refractivity contribution in [1.29, 1.82) is 0 Å². The molecule has 5 heteroatoms. The zero-order valence-corrected chi connectivity index (χ0v) is 16.8. The Labute approximate surface area is 171 Å². The molecular weight excluding hydrogens is 362 g/mol. The van der Waals surface area contributed by atoms with E-state index in [1.807, 2.05) is 61.2 Å². The number of benzene rings is 2. The van der Waals surface area contributed by atoms with E-state index in [2.05, 4.69) is 22.4 Å². The first-order valence-electron chi connectivity index (χ1n) is 9.95. The fourth-order valence-corrected chi connectivity index (χ4v) is 3.54. The maximum Gasteiger partial charge on any atom is 0.272 e. The number of carbonyl (C=O) groups is 1. The predicted molar refractivity (Wildman–Crippen MR) is 115 cm³/mol. The van der Waals surface area contributed by atoms with Crippen LogP contribution in [-0.4, -0.2) is 28.4 Å². The van der Waals surface area contributed by atoms with E-state index in [0.29, 0.717) is 18.8 Å². The van der Waals surface area contributed by atoms with Gasteiger partial charge in [0.1, 0.15) is 11.4 Å². The Balaban J connectivity index is 1.52. The van der Waals surface area contributed by atoms with Gasteiger partial charge in [-0.15, -0.1) is 0 Å². The van der Waals surface area contributed by atoms with Crippen LogP contribution in [0.25, 0.3) is 0 Å². The minimum atomic E-state index is -0.0464. The van der Waals surface area contributed by atoms with Crippen LogP contribution in [-0.2, 0) is 13.0 Å². The molecule has 1 amide bonds. The van der Waals surface area contributed by atoms with Crippen LogP contribution in [0.4, 0.5) is 11.4 Å². The fourth-order valence-electron chi connectivity index (χ4n) is 3.54. The summed E-state index contributed by atoms with van der Waals surface area (Å²) in [5.41, 5.74) is 4.64. The highest BCUT2D eigenvalue weighted by atomic mass is 16.5. The molecule has 0 saturated carbocycles. The Bertz CT molecular complexity index is 1020. The Kier molecular flexibility index (Phi) is 5.47. The second kappa shape index (κ2) is 8.35. The summed E-state index contributed by atoms with van der Waals surface area (Å²) < 4.78 is 5.87. The van der Waals surface area contributed by atoms with Crippen molar-refractivity contribution in [3.05, 3.63) is 83.7 Å². The summed E-state index contributed by atoms with van der Waals surface area (Å²) in [7, 11) is 0. The average molecular weight is 387 g/mol. The van der Waals surface area contributed by atoms with Crippen LogP contribution in [0.15, 0.2) is 66.9 Å². The molecule has 5 nitrogen and oxygen atoms in total. The number of rotatable bonds is 5. The zero-order chi connectivity index (χ0) is 20.2. The molecule has 29 heavy (non-hydrogen) atoms. The van der Waals surface area contributed by atoms with E-state index in [4.69, 9.17) is 4.74 Å². The summed E-state index contributed by atoms with van der Waals surface area (Å²) in [6, 6.07) is 19.7. The van der Waals surface area contributed by atoms with Gasteiger partial charge in [-0.2, -0.15) is 0 Å². The van der Waals surface area contributed by atoms with Crippen molar-refractivity contribution >= 4 is 17.3 Å². The molecule has 1 aliphatic rings. The van der Waals surface area contributed by atoms with Crippen LogP contribution >= 0.6 is 0 Å². The minimum Gasteiger partial charge on any atom is -0.489 e. The molecule has 1 aliphatic heterocycles. The number of hydrogen-bond donors (Lipinski definition) is 1. The van der Waals surface area contributed by atoms with Crippen LogP contribution in [0.1, 0.15) is 35.5 Å². The van der Waals surface area contributed by atoms with Crippen LogP contribution in [0.5, 0.6) is 5.75 Å². The Morgan fingerprint density at radius 1 is 1.07 bits per heavy atom. The quantitative estimate of drug-likeness (QED) is 0.683. The van der Waals surface area contributed by atoms with Crippen LogP contribution < -0.4 is 10.1 Å². The summed E-state index contributed by atoms with van der Waals surface area (Å²) in [6.07, 6.45) is 2.62. The molecule has 0 bridgehead atoms. The van der Waals surface area contributed by atoms with Gasteiger partial charge in [-0.3, -0.25) is 9.78 Å². The van der Waals surface area contributed by atoms with Crippen LogP contribution in [0, 0.1) is 0 Å². The van der Waals surface area contributed by atoms with Gasteiger partial charge in [0.2, 0.25) is 0 Å². The molecule has 0 spiro atoms. The van der Waals surface area contributed by atoms with Crippen molar-refractivity contribution < 1.29 is 9.53 Å². The lowest BCUT2D eigenvalue weighted by molar-refractivity contribution is 0.0729. The molecule has 1 N–H and O–H groups in total. The summed E-state index contributed by atoms with van der Waals surface area (Å²) in [5, 5.41) is 3.36. The molecule has 0 saturated heterocycles. The molecule has 0 aliphatic carbocycles. The number of nitrogens with one attached hydrogen (secondary N) is 1. The van der Waals surface area contributed by atoms with E-state index in [1.165, 1.54) is 11.1 Å². The van der Waals surface area contributed by atoms with Crippen LogP contribution in [0.2, 0.25) is 0 Å². The summed E-state index contributed by atoms with van der Waals surface area (Å²) in [4.78, 5) is 19.2. The third kappa shape index (κ3) is 4.40. The molecule has 0 unspecified atom stereocenters. The van der Waals surface area contributed by atoms with E-state index < -0.39 is 0 Å². The SMILES string of the molecule is CC(C)Oc1ccccc1Nc1ccnc(C(=O)N2CCc3ccccc3C2)c1. The highest BCUT2D eigenvalue weighted by Gasteiger charge is 2.22. The first-order chi connectivity index (χ1) is 14.1. The Hall–Kier alpha value is -3.34. The molecule has 3 aromatic rings. The van der Waals surface area contributed by atoms with E-state index in [1.54, 1.807) is 12.3 Å². The normalized spacial score (nSPS) is 13.1. The first kappa shape index (κ1) is 19.0. The van der Waals surface area contributed by atoms with Crippen molar-refractivity contribution in [3.8, 4) is 5.75 Å². The van der Waals surface area contributed by atoms with E-state index in [9.17, 15) is 4.79 Å². The fraction of sp³-hybridized carbons (Fsp3) is 0.250. The summed E-state index contributed by atoms with van der Waals surface area (Å²) >= 11 is 0. The van der Waals surface area contributed by atoms with E-state index >= 15 is 0 Å². The molecule has 0 fully saturated rings. The average Bonchev–Trinajstić information content (AvgIpc) is 2.74. The number of aromatic nitrogens is 1. The summed E-state index contributed by atoms with van der Waals surface area (Å²) in [5.74, 6) is 0.731.